The zero-order valence-electron chi connectivity index (χ0n) is 24.6. The number of piperazine rings is 1. The number of hydrogen-bond acceptors (Lipinski definition) is 9. The van der Waals surface area contributed by atoms with Gasteiger partial charge in [0.2, 0.25) is 0 Å². The molecular weight excluding hydrogens is 561 g/mol. The number of primary amides is 1. The fourth-order valence-electron chi connectivity index (χ4n) is 5.99. The van der Waals surface area contributed by atoms with E-state index in [0.717, 1.165) is 62.5 Å². The van der Waals surface area contributed by atoms with Gasteiger partial charge in [0.1, 0.15) is 11.5 Å². The predicted molar refractivity (Wildman–Crippen MR) is 170 cm³/mol. The molecule has 0 bridgehead atoms. The van der Waals surface area contributed by atoms with Crippen LogP contribution < -0.4 is 21.3 Å². The average Bonchev–Trinajstić information content (AvgIpc) is 3.48. The van der Waals surface area contributed by atoms with E-state index >= 15 is 0 Å². The normalized spacial score (nSPS) is 17.8. The molecule has 5 N–H and O–H groups in total. The van der Waals surface area contributed by atoms with Crippen molar-refractivity contribution in [3.63, 3.8) is 0 Å². The number of aromatic amines is 1. The van der Waals surface area contributed by atoms with Gasteiger partial charge in [0, 0.05) is 85.4 Å². The predicted octanol–water partition coefficient (Wildman–Crippen LogP) is 3.76. The number of anilines is 4. The quantitative estimate of drug-likeness (QED) is 0.240. The Labute approximate surface area is 254 Å². The molecule has 5 heterocycles. The van der Waals surface area contributed by atoms with Crippen LogP contribution in [0, 0.1) is 5.82 Å². The third kappa shape index (κ3) is 5.65. The summed E-state index contributed by atoms with van der Waals surface area (Å²) in [6.45, 7) is 7.22. The Kier molecular flexibility index (Phi) is 7.52. The molecule has 2 fully saturated rings. The summed E-state index contributed by atoms with van der Waals surface area (Å²) in [5.41, 5.74) is 10.5. The lowest BCUT2D eigenvalue weighted by Gasteiger charge is -2.38. The van der Waals surface area contributed by atoms with Crippen LogP contribution in [0.15, 0.2) is 60.4 Å². The first-order valence-corrected chi connectivity index (χ1v) is 15.0. The van der Waals surface area contributed by atoms with Gasteiger partial charge in [-0.2, -0.15) is 0 Å². The number of H-pyrrole nitrogens is 1. The van der Waals surface area contributed by atoms with Crippen molar-refractivity contribution in [3.05, 3.63) is 71.9 Å². The van der Waals surface area contributed by atoms with Crippen LogP contribution in [0.25, 0.3) is 22.2 Å². The van der Waals surface area contributed by atoms with Crippen LogP contribution in [0.5, 0.6) is 0 Å². The highest BCUT2D eigenvalue weighted by Crippen LogP contribution is 2.35. The molecule has 3 aliphatic heterocycles. The number of rotatable bonds is 8. The number of ether oxygens (including phenoxy) is 1. The second-order valence-electron chi connectivity index (χ2n) is 11.6. The van der Waals surface area contributed by atoms with Crippen LogP contribution in [0.3, 0.4) is 0 Å². The third-order valence-corrected chi connectivity index (χ3v) is 8.59. The van der Waals surface area contributed by atoms with Gasteiger partial charge >= 0.3 is 0 Å². The van der Waals surface area contributed by atoms with Gasteiger partial charge in [-0.15, -0.1) is 0 Å². The topological polar surface area (TPSA) is 128 Å². The maximum absolute atomic E-state index is 14.6. The van der Waals surface area contributed by atoms with Crippen LogP contribution in [0.2, 0.25) is 0 Å². The summed E-state index contributed by atoms with van der Waals surface area (Å²) in [6.07, 6.45) is 5.10. The summed E-state index contributed by atoms with van der Waals surface area (Å²) in [5, 5.41) is 7.35. The van der Waals surface area contributed by atoms with Crippen LogP contribution >= 0.6 is 0 Å². The number of hydrogen-bond donors (Lipinski definition) is 4. The molecule has 0 saturated carbocycles. The first-order chi connectivity index (χ1) is 21.4. The molecule has 0 aliphatic carbocycles. The number of amides is 1. The number of nitrogens with two attached hydrogens (primary N) is 1. The van der Waals surface area contributed by atoms with Crippen molar-refractivity contribution in [2.45, 2.75) is 12.5 Å². The van der Waals surface area contributed by atoms with Crippen LogP contribution in [-0.2, 0) is 4.74 Å². The number of fused-ring (bicyclic) bond motifs is 1. The summed E-state index contributed by atoms with van der Waals surface area (Å²) >= 11 is 0. The molecule has 2 aromatic carbocycles. The summed E-state index contributed by atoms with van der Waals surface area (Å²) in [6, 6.07) is 12.7. The standard InChI is InChI=1S/C32H36FN9O2/c1-40-12-14-42(15-13-40)24-7-10-41(11-8-24)23-4-2-21(3-5-23)36-32-29(30(34)43)38-28(31(39-32)37-22-18-44-19-22)26-16-20(33)17-27-25(26)6-9-35-27/h2-7,9,16-17,22,35H,8,10-15,18-19H2,1H3,(H2,34,43)(H2,36,37,39). The molecule has 2 saturated heterocycles. The molecule has 11 nitrogen and oxygen atoms in total. The van der Waals surface area contributed by atoms with Gasteiger partial charge in [0.05, 0.1) is 19.3 Å². The smallest absolute Gasteiger partial charge is 0.271 e. The van der Waals surface area contributed by atoms with Gasteiger partial charge in [0.25, 0.3) is 5.91 Å². The Morgan fingerprint density at radius 1 is 1.02 bits per heavy atom. The van der Waals surface area contributed by atoms with Crippen molar-refractivity contribution in [1.29, 1.82) is 0 Å². The van der Waals surface area contributed by atoms with Crippen molar-refractivity contribution in [3.8, 4) is 11.3 Å². The van der Waals surface area contributed by atoms with Crippen molar-refractivity contribution in [1.82, 2.24) is 24.8 Å². The van der Waals surface area contributed by atoms with Gasteiger partial charge in [-0.3, -0.25) is 4.79 Å². The molecule has 4 aromatic rings. The second kappa shape index (κ2) is 11.8. The Balaban J connectivity index is 1.14. The lowest BCUT2D eigenvalue weighted by Crippen LogP contribution is -2.45. The number of nitrogens with zero attached hydrogens (tertiary/aromatic N) is 5. The zero-order chi connectivity index (χ0) is 30.2. The van der Waals surface area contributed by atoms with E-state index in [0.29, 0.717) is 35.8 Å². The molecule has 2 aromatic heterocycles. The lowest BCUT2D eigenvalue weighted by atomic mass is 10.1. The highest BCUT2D eigenvalue weighted by molar-refractivity contribution is 6.01. The highest BCUT2D eigenvalue weighted by atomic mass is 19.1. The molecule has 12 heteroatoms. The largest absolute Gasteiger partial charge is 0.377 e. The van der Waals surface area contributed by atoms with E-state index in [2.05, 4.69) is 60.6 Å². The summed E-state index contributed by atoms with van der Waals surface area (Å²) in [7, 11) is 2.18. The maximum Gasteiger partial charge on any atom is 0.271 e. The van der Waals surface area contributed by atoms with Gasteiger partial charge in [-0.25, -0.2) is 14.4 Å². The monoisotopic (exact) mass is 597 g/mol. The second-order valence-corrected chi connectivity index (χ2v) is 11.6. The molecule has 44 heavy (non-hydrogen) atoms. The van der Waals surface area contributed by atoms with Gasteiger partial charge < -0.3 is 40.8 Å². The summed E-state index contributed by atoms with van der Waals surface area (Å²) in [5.74, 6) is -0.547. The fourth-order valence-corrected chi connectivity index (χ4v) is 5.99. The number of aromatic nitrogens is 3. The summed E-state index contributed by atoms with van der Waals surface area (Å²) < 4.78 is 20.0. The number of carbonyl (C=O) groups is 1. The molecule has 228 valence electrons. The van der Waals surface area contributed by atoms with Crippen LogP contribution in [0.1, 0.15) is 16.9 Å². The van der Waals surface area contributed by atoms with E-state index < -0.39 is 11.7 Å². The first kappa shape index (κ1) is 28.1. The minimum absolute atomic E-state index is 0.0141. The number of nitrogens with one attached hydrogen (secondary N) is 3. The number of carbonyl (C=O) groups excluding carboxylic acids is 1. The van der Waals surface area contributed by atoms with Crippen LogP contribution in [0.4, 0.5) is 27.4 Å². The zero-order valence-corrected chi connectivity index (χ0v) is 24.6. The van der Waals surface area contributed by atoms with Gasteiger partial charge in [-0.05, 0) is 55.6 Å². The molecular formula is C32H36FN9O2. The molecule has 0 unspecified atom stereocenters. The van der Waals surface area contributed by atoms with E-state index in [-0.39, 0.29) is 17.6 Å². The van der Waals surface area contributed by atoms with Crippen molar-refractivity contribution in [2.24, 2.45) is 5.73 Å². The Morgan fingerprint density at radius 3 is 2.50 bits per heavy atom. The van der Waals surface area contributed by atoms with Crippen molar-refractivity contribution < 1.29 is 13.9 Å². The van der Waals surface area contributed by atoms with Crippen molar-refractivity contribution in [2.75, 3.05) is 75.1 Å². The number of benzene rings is 2. The Hall–Kier alpha value is -4.68. The van der Waals surface area contributed by atoms with E-state index in [4.69, 9.17) is 15.5 Å². The molecule has 7 rings (SSSR count). The van der Waals surface area contributed by atoms with Crippen LogP contribution in [-0.4, -0.2) is 96.2 Å². The third-order valence-electron chi connectivity index (χ3n) is 8.59. The number of likely N-dealkylation sites (N-methyl/N-ethyl adjacent to an activating group) is 1. The minimum Gasteiger partial charge on any atom is -0.377 e. The highest BCUT2D eigenvalue weighted by Gasteiger charge is 2.26. The van der Waals surface area contributed by atoms with Gasteiger partial charge in [0.15, 0.2) is 17.3 Å². The van der Waals surface area contributed by atoms with E-state index in [1.165, 1.54) is 17.8 Å². The molecule has 3 aliphatic rings. The fraction of sp³-hybridized carbons (Fsp3) is 0.344. The molecule has 0 spiro atoms. The SMILES string of the molecule is CN1CCN(C2=CCN(c3ccc(Nc4nc(NC5COC5)c(-c5cc(F)cc6[nH]ccc56)nc4C(N)=O)cc3)CC2)CC1. The van der Waals surface area contributed by atoms with Crippen molar-refractivity contribution >= 4 is 39.8 Å². The maximum atomic E-state index is 14.6. The average molecular weight is 598 g/mol. The molecule has 0 radical (unpaired) electrons. The van der Waals surface area contributed by atoms with Gasteiger partial charge in [-0.1, -0.05) is 0 Å². The lowest BCUT2D eigenvalue weighted by molar-refractivity contribution is 0.0209. The van der Waals surface area contributed by atoms with E-state index in [1.807, 2.05) is 18.2 Å². The van der Waals surface area contributed by atoms with E-state index in [1.54, 1.807) is 6.20 Å². The Bertz CT molecular complexity index is 1710. The Morgan fingerprint density at radius 2 is 1.82 bits per heavy atom. The summed E-state index contributed by atoms with van der Waals surface area (Å²) in [4.78, 5) is 32.4. The minimum atomic E-state index is -0.741. The first-order valence-electron chi connectivity index (χ1n) is 15.0. The van der Waals surface area contributed by atoms with E-state index in [9.17, 15) is 9.18 Å². The number of halogens is 1. The molecule has 0 atom stereocenters. The molecule has 1 amide bonds.